The molecule has 4 aliphatic rings. The lowest BCUT2D eigenvalue weighted by Gasteiger charge is -2.58. The molecule has 37 heavy (non-hydrogen) atoms. The van der Waals surface area contributed by atoms with E-state index in [0.29, 0.717) is 38.5 Å². The van der Waals surface area contributed by atoms with Crippen molar-refractivity contribution in [1.29, 1.82) is 0 Å². The van der Waals surface area contributed by atoms with E-state index in [-0.39, 0.29) is 29.5 Å². The van der Waals surface area contributed by atoms with Crippen LogP contribution in [0.2, 0.25) is 0 Å². The van der Waals surface area contributed by atoms with Crippen molar-refractivity contribution in [1.82, 2.24) is 19.6 Å². The van der Waals surface area contributed by atoms with Gasteiger partial charge in [-0.05, 0) is 50.0 Å². The molecule has 11 nitrogen and oxygen atoms in total. The summed E-state index contributed by atoms with van der Waals surface area (Å²) in [5.41, 5.74) is 9.94. The lowest BCUT2D eigenvalue weighted by Crippen LogP contribution is -2.65. The number of nitrogens with two attached hydrogens (primary N) is 2. The maximum Gasteiger partial charge on any atom is 0.334 e. The van der Waals surface area contributed by atoms with Gasteiger partial charge in [0.25, 0.3) is 17.7 Å². The van der Waals surface area contributed by atoms with Crippen molar-refractivity contribution in [2.24, 2.45) is 16.9 Å². The van der Waals surface area contributed by atoms with Crippen molar-refractivity contribution < 1.29 is 28.4 Å². The minimum atomic E-state index is -0.959. The predicted molar refractivity (Wildman–Crippen MR) is 127 cm³/mol. The summed E-state index contributed by atoms with van der Waals surface area (Å²) in [5.74, 6) is -3.12. The maximum atomic E-state index is 14.3. The molecule has 0 radical (unpaired) electrons. The van der Waals surface area contributed by atoms with Gasteiger partial charge in [0.1, 0.15) is 22.8 Å². The highest BCUT2D eigenvalue weighted by Crippen LogP contribution is 2.61. The monoisotopic (exact) mass is 512 g/mol. The summed E-state index contributed by atoms with van der Waals surface area (Å²) in [7, 11) is 3.12. The summed E-state index contributed by atoms with van der Waals surface area (Å²) >= 11 is 0. The number of rotatable bonds is 3. The van der Waals surface area contributed by atoms with Crippen LogP contribution in [-0.2, 0) is 20.9 Å². The fourth-order valence-corrected chi connectivity index (χ4v) is 6.51. The van der Waals surface area contributed by atoms with E-state index in [1.54, 1.807) is 13.1 Å². The summed E-state index contributed by atoms with van der Waals surface area (Å²) in [5, 5.41) is 0. The highest BCUT2D eigenvalue weighted by atomic mass is 19.1. The van der Waals surface area contributed by atoms with E-state index < -0.39 is 46.6 Å². The first-order chi connectivity index (χ1) is 17.4. The zero-order chi connectivity index (χ0) is 26.9. The molecule has 2 heterocycles. The van der Waals surface area contributed by atoms with Crippen LogP contribution in [0.15, 0.2) is 35.7 Å². The molecule has 196 valence electrons. The minimum absolute atomic E-state index is 0.112. The fraction of sp³-hybridized carbons (Fsp3) is 0.480. The van der Waals surface area contributed by atoms with E-state index in [2.05, 4.69) is 0 Å². The quantitative estimate of drug-likeness (QED) is 0.351. The van der Waals surface area contributed by atoms with Gasteiger partial charge in [0.05, 0.1) is 6.54 Å². The molecule has 2 aliphatic heterocycles. The zero-order valence-corrected chi connectivity index (χ0v) is 20.7. The Kier molecular flexibility index (Phi) is 5.54. The number of likely N-dealkylation sites (N-methyl/N-ethyl adjacent to an activating group) is 2. The van der Waals surface area contributed by atoms with E-state index >= 15 is 0 Å². The summed E-state index contributed by atoms with van der Waals surface area (Å²) in [6.07, 6.45) is 3.23. The second kappa shape index (κ2) is 8.29. The van der Waals surface area contributed by atoms with Crippen LogP contribution in [0.4, 0.5) is 14.0 Å². The van der Waals surface area contributed by atoms with Gasteiger partial charge in [0.15, 0.2) is 0 Å². The number of barbiturate groups is 1. The Labute approximate surface area is 212 Å². The molecule has 12 heteroatoms. The molecule has 0 atom stereocenters. The van der Waals surface area contributed by atoms with Crippen molar-refractivity contribution in [3.63, 3.8) is 0 Å². The molecule has 5 rings (SSSR count). The average Bonchev–Trinajstić information content (AvgIpc) is 2.99. The highest BCUT2D eigenvalue weighted by Gasteiger charge is 2.67. The van der Waals surface area contributed by atoms with Gasteiger partial charge in [-0.3, -0.25) is 29.1 Å². The normalized spacial score (nSPS) is 30.2. The van der Waals surface area contributed by atoms with E-state index in [0.717, 1.165) is 14.7 Å². The number of urea groups is 2. The Morgan fingerprint density at radius 3 is 2.14 bits per heavy atom. The molecule has 1 aromatic rings. The van der Waals surface area contributed by atoms with Gasteiger partial charge in [0.2, 0.25) is 0 Å². The number of carbonyl (C=O) groups is 5. The lowest BCUT2D eigenvalue weighted by molar-refractivity contribution is -0.149. The predicted octanol–water partition coefficient (Wildman–Crippen LogP) is 1.23. The van der Waals surface area contributed by atoms with Crippen LogP contribution in [-0.4, -0.2) is 75.1 Å². The number of imide groups is 3. The maximum absolute atomic E-state index is 14.3. The minimum Gasteiger partial charge on any atom is -0.385 e. The van der Waals surface area contributed by atoms with Crippen molar-refractivity contribution >= 4 is 29.8 Å². The first-order valence-electron chi connectivity index (χ1n) is 12.2. The summed E-state index contributed by atoms with van der Waals surface area (Å²) in [4.78, 5) is 69.2. The smallest absolute Gasteiger partial charge is 0.334 e. The first kappa shape index (κ1) is 24.7. The largest absolute Gasteiger partial charge is 0.385 e. The van der Waals surface area contributed by atoms with Gasteiger partial charge in [0, 0.05) is 25.7 Å². The van der Waals surface area contributed by atoms with E-state index in [1.165, 1.54) is 30.1 Å². The molecule has 2 spiro atoms. The second-order valence-corrected chi connectivity index (χ2v) is 10.6. The van der Waals surface area contributed by atoms with Gasteiger partial charge in [-0.1, -0.05) is 18.2 Å². The Morgan fingerprint density at radius 1 is 0.973 bits per heavy atom. The van der Waals surface area contributed by atoms with Crippen LogP contribution < -0.4 is 11.5 Å². The first-order valence-corrected chi connectivity index (χ1v) is 12.2. The van der Waals surface area contributed by atoms with Crippen molar-refractivity contribution in [3.05, 3.63) is 47.0 Å². The van der Waals surface area contributed by atoms with Crippen molar-refractivity contribution in [2.45, 2.75) is 56.7 Å². The summed E-state index contributed by atoms with van der Waals surface area (Å²) in [6.45, 7) is -0.375. The van der Waals surface area contributed by atoms with Gasteiger partial charge in [-0.2, -0.15) is 0 Å². The van der Waals surface area contributed by atoms with Gasteiger partial charge < -0.3 is 16.4 Å². The third-order valence-corrected chi connectivity index (χ3v) is 8.54. The second-order valence-electron chi connectivity index (χ2n) is 10.6. The van der Waals surface area contributed by atoms with Gasteiger partial charge >= 0.3 is 12.1 Å². The standard InChI is InChI=1S/C25H29FN6O5/c1-29-21(35)25(30(2)22(29)36)12-24(13-25)9-7-15(8-10-24)32-20(34)17(18(27)28)19(33)31(23(32)37)11-14-5-3-4-6-16(14)26/h3-6,15H,7-13,27-28H2,1-2H3. The number of carbonyl (C=O) groups excluding carboxylic acids is 5. The molecule has 4 N–H and O–H groups in total. The molecular formula is C25H29FN6O5. The average molecular weight is 513 g/mol. The molecule has 7 amide bonds. The van der Waals surface area contributed by atoms with Crippen LogP contribution >= 0.6 is 0 Å². The summed E-state index contributed by atoms with van der Waals surface area (Å²) < 4.78 is 14.3. The van der Waals surface area contributed by atoms with Crippen LogP contribution in [0.1, 0.15) is 44.1 Å². The van der Waals surface area contributed by atoms with E-state index in [1.807, 2.05) is 0 Å². The highest BCUT2D eigenvalue weighted by molar-refractivity contribution is 6.29. The number of hydrogen-bond donors (Lipinski definition) is 2. The Hall–Kier alpha value is -3.96. The molecule has 1 aromatic carbocycles. The molecule has 2 saturated heterocycles. The molecule has 0 aromatic heterocycles. The molecule has 2 saturated carbocycles. The topological polar surface area (TPSA) is 150 Å². The van der Waals surface area contributed by atoms with Crippen LogP contribution in [0, 0.1) is 11.2 Å². The van der Waals surface area contributed by atoms with Crippen LogP contribution in [0.3, 0.4) is 0 Å². The zero-order valence-electron chi connectivity index (χ0n) is 20.7. The molecular weight excluding hydrogens is 483 g/mol. The SMILES string of the molecule is CN1C(=O)N(C)C2(CC3(CCC(N4C(=O)C(=C(N)N)C(=O)N(Cc5ccccc5F)C4=O)CC3)C2)C1=O. The number of halogens is 1. The molecule has 0 unspecified atom stereocenters. The van der Waals surface area contributed by atoms with E-state index in [9.17, 15) is 28.4 Å². The number of nitrogens with zero attached hydrogens (tertiary/aromatic N) is 4. The fourth-order valence-electron chi connectivity index (χ4n) is 6.51. The van der Waals surface area contributed by atoms with Crippen molar-refractivity contribution in [3.8, 4) is 0 Å². The van der Waals surface area contributed by atoms with E-state index in [4.69, 9.17) is 11.5 Å². The Morgan fingerprint density at radius 2 is 1.59 bits per heavy atom. The van der Waals surface area contributed by atoms with Gasteiger partial charge in [-0.25, -0.2) is 14.0 Å². The lowest BCUT2D eigenvalue weighted by atomic mass is 9.51. The number of benzene rings is 1. The van der Waals surface area contributed by atoms with Crippen LogP contribution in [0.25, 0.3) is 0 Å². The van der Waals surface area contributed by atoms with Crippen molar-refractivity contribution in [2.75, 3.05) is 14.1 Å². The third kappa shape index (κ3) is 3.49. The summed E-state index contributed by atoms with van der Waals surface area (Å²) in [6, 6.07) is 4.06. The number of hydrogen-bond acceptors (Lipinski definition) is 7. The van der Waals surface area contributed by atoms with Crippen LogP contribution in [0.5, 0.6) is 0 Å². The Bertz CT molecular complexity index is 1260. The Balaban J connectivity index is 1.35. The number of amides is 7. The molecule has 4 fully saturated rings. The molecule has 0 bridgehead atoms. The van der Waals surface area contributed by atoms with Gasteiger partial charge in [-0.15, -0.1) is 0 Å². The third-order valence-electron chi connectivity index (χ3n) is 8.54. The molecule has 2 aliphatic carbocycles.